The molecule has 0 aromatic carbocycles. The Balaban J connectivity index is 2.03. The number of hydrogen-bond donors (Lipinski definition) is 1. The van der Waals surface area contributed by atoms with Gasteiger partial charge in [0.05, 0.1) is 0 Å². The quantitative estimate of drug-likeness (QED) is 0.743. The number of nitrogens with zero attached hydrogens (tertiary/aromatic N) is 2. The van der Waals surface area contributed by atoms with Crippen LogP contribution in [0.3, 0.4) is 0 Å². The normalized spacial score (nSPS) is 27.1. The maximum Gasteiger partial charge on any atom is 0.238 e. The molecule has 0 aromatic rings. The van der Waals surface area contributed by atoms with Crippen molar-refractivity contribution in [3.63, 3.8) is 0 Å². The molecule has 1 heterocycles. The Hall–Kier alpha value is -0.610. The van der Waals surface area contributed by atoms with Crippen molar-refractivity contribution in [2.75, 3.05) is 20.1 Å². The Bertz CT molecular complexity index is 263. The fourth-order valence-electron chi connectivity index (χ4n) is 2.59. The van der Waals surface area contributed by atoms with Crippen LogP contribution in [-0.2, 0) is 4.79 Å². The second-order valence-electron chi connectivity index (χ2n) is 5.10. The summed E-state index contributed by atoms with van der Waals surface area (Å²) in [7, 11) is 2.05. The Morgan fingerprint density at radius 3 is 2.60 bits per heavy atom. The first-order valence-electron chi connectivity index (χ1n) is 5.83. The highest BCUT2D eigenvalue weighted by Crippen LogP contribution is 2.45. The second-order valence-corrected chi connectivity index (χ2v) is 5.10. The van der Waals surface area contributed by atoms with Crippen molar-refractivity contribution < 1.29 is 4.79 Å². The minimum absolute atomic E-state index is 0.172. The van der Waals surface area contributed by atoms with E-state index in [2.05, 4.69) is 11.9 Å². The van der Waals surface area contributed by atoms with E-state index in [1.54, 1.807) is 0 Å². The lowest BCUT2D eigenvalue weighted by Crippen LogP contribution is -2.52. The Labute approximate surface area is 91.4 Å². The summed E-state index contributed by atoms with van der Waals surface area (Å²) in [6.45, 7) is 3.51. The van der Waals surface area contributed by atoms with Crippen molar-refractivity contribution in [3.8, 4) is 0 Å². The summed E-state index contributed by atoms with van der Waals surface area (Å²) in [6, 6.07) is 0. The van der Waals surface area contributed by atoms with Crippen LogP contribution in [0.1, 0.15) is 32.6 Å². The van der Waals surface area contributed by atoms with Gasteiger partial charge in [-0.05, 0) is 31.7 Å². The Morgan fingerprint density at radius 1 is 1.53 bits per heavy atom. The van der Waals surface area contributed by atoms with E-state index in [0.717, 1.165) is 6.54 Å². The van der Waals surface area contributed by atoms with Crippen molar-refractivity contribution in [2.45, 2.75) is 38.1 Å². The smallest absolute Gasteiger partial charge is 0.238 e. The van der Waals surface area contributed by atoms with Gasteiger partial charge in [-0.15, -0.1) is 0 Å². The number of nitrogens with two attached hydrogens (primary N) is 1. The van der Waals surface area contributed by atoms with Crippen LogP contribution in [0.2, 0.25) is 0 Å². The van der Waals surface area contributed by atoms with E-state index in [1.165, 1.54) is 19.3 Å². The van der Waals surface area contributed by atoms with Crippen LogP contribution in [0.4, 0.5) is 0 Å². The van der Waals surface area contributed by atoms with E-state index in [1.807, 2.05) is 12.1 Å². The van der Waals surface area contributed by atoms with Gasteiger partial charge in [-0.2, -0.15) is 0 Å². The lowest BCUT2D eigenvalue weighted by atomic mass is 9.75. The van der Waals surface area contributed by atoms with Crippen LogP contribution in [0.5, 0.6) is 0 Å². The maximum atomic E-state index is 11.9. The first kappa shape index (κ1) is 10.9. The second kappa shape index (κ2) is 3.76. The third-order valence-electron chi connectivity index (χ3n) is 3.99. The summed E-state index contributed by atoms with van der Waals surface area (Å²) in [5.41, 5.74) is 5.77. The third kappa shape index (κ3) is 1.66. The van der Waals surface area contributed by atoms with Crippen LogP contribution < -0.4 is 5.73 Å². The fourth-order valence-corrected chi connectivity index (χ4v) is 2.59. The molecular formula is C11H21N3O. The molecule has 1 saturated heterocycles. The summed E-state index contributed by atoms with van der Waals surface area (Å²) >= 11 is 0. The van der Waals surface area contributed by atoms with E-state index in [0.29, 0.717) is 18.9 Å². The molecule has 15 heavy (non-hydrogen) atoms. The Morgan fingerprint density at radius 2 is 2.20 bits per heavy atom. The SMILES string of the molecule is CC(CN)CN1C(=O)CC2(CCC2)N1C. The predicted octanol–water partition coefficient (Wildman–Crippen LogP) is 0.583. The predicted molar refractivity (Wildman–Crippen MR) is 58.9 cm³/mol. The molecule has 4 heteroatoms. The number of amides is 1. The topological polar surface area (TPSA) is 49.6 Å². The first-order valence-corrected chi connectivity index (χ1v) is 5.83. The molecule has 1 saturated carbocycles. The molecule has 0 bridgehead atoms. The van der Waals surface area contributed by atoms with Gasteiger partial charge < -0.3 is 5.73 Å². The van der Waals surface area contributed by atoms with Crippen LogP contribution in [0.25, 0.3) is 0 Å². The van der Waals surface area contributed by atoms with Gasteiger partial charge in [-0.1, -0.05) is 6.92 Å². The van der Waals surface area contributed by atoms with Crippen molar-refractivity contribution in [1.82, 2.24) is 10.0 Å². The zero-order chi connectivity index (χ0) is 11.1. The van der Waals surface area contributed by atoms with E-state index >= 15 is 0 Å². The lowest BCUT2D eigenvalue weighted by molar-refractivity contribution is -0.141. The molecule has 1 aliphatic heterocycles. The van der Waals surface area contributed by atoms with Gasteiger partial charge in [0.1, 0.15) is 0 Å². The van der Waals surface area contributed by atoms with E-state index in [-0.39, 0.29) is 11.4 Å². The van der Waals surface area contributed by atoms with Crippen LogP contribution in [-0.4, -0.2) is 41.6 Å². The van der Waals surface area contributed by atoms with E-state index in [9.17, 15) is 4.79 Å². The molecule has 2 N–H and O–H groups in total. The van der Waals surface area contributed by atoms with Gasteiger partial charge in [0.15, 0.2) is 0 Å². The lowest BCUT2D eigenvalue weighted by Gasteiger charge is -2.45. The van der Waals surface area contributed by atoms with E-state index < -0.39 is 0 Å². The minimum Gasteiger partial charge on any atom is -0.330 e. The number of carbonyl (C=O) groups is 1. The molecule has 1 spiro atoms. The molecule has 2 rings (SSSR count). The molecule has 1 aliphatic carbocycles. The minimum atomic E-state index is 0.172. The van der Waals surface area contributed by atoms with Gasteiger partial charge in [0.2, 0.25) is 5.91 Å². The number of carbonyl (C=O) groups excluding carboxylic acids is 1. The number of rotatable bonds is 3. The fraction of sp³-hybridized carbons (Fsp3) is 0.909. The van der Waals surface area contributed by atoms with Crippen molar-refractivity contribution >= 4 is 5.91 Å². The molecule has 1 amide bonds. The largest absolute Gasteiger partial charge is 0.330 e. The molecule has 2 fully saturated rings. The average molecular weight is 211 g/mol. The summed E-state index contributed by atoms with van der Waals surface area (Å²) < 4.78 is 0. The van der Waals surface area contributed by atoms with Crippen LogP contribution in [0.15, 0.2) is 0 Å². The molecule has 2 aliphatic rings. The standard InChI is InChI=1S/C11H21N3O/c1-9(7-12)8-14-10(15)6-11(13(14)2)4-3-5-11/h9H,3-8,12H2,1-2H3. The van der Waals surface area contributed by atoms with Gasteiger partial charge in [-0.3, -0.25) is 9.80 Å². The zero-order valence-electron chi connectivity index (χ0n) is 9.70. The van der Waals surface area contributed by atoms with Crippen LogP contribution >= 0.6 is 0 Å². The summed E-state index contributed by atoms with van der Waals surface area (Å²) in [4.78, 5) is 11.9. The first-order chi connectivity index (χ1) is 7.09. The molecular weight excluding hydrogens is 190 g/mol. The van der Waals surface area contributed by atoms with Gasteiger partial charge in [0.25, 0.3) is 0 Å². The molecule has 1 unspecified atom stereocenters. The highest BCUT2D eigenvalue weighted by atomic mass is 16.2. The van der Waals surface area contributed by atoms with E-state index in [4.69, 9.17) is 5.73 Å². The van der Waals surface area contributed by atoms with Crippen LogP contribution in [0, 0.1) is 5.92 Å². The van der Waals surface area contributed by atoms with Crippen molar-refractivity contribution in [2.24, 2.45) is 11.7 Å². The van der Waals surface area contributed by atoms with Gasteiger partial charge in [-0.25, -0.2) is 5.01 Å². The molecule has 1 atom stereocenters. The number of hydrogen-bond acceptors (Lipinski definition) is 3. The monoisotopic (exact) mass is 211 g/mol. The highest BCUT2D eigenvalue weighted by molar-refractivity contribution is 5.79. The molecule has 4 nitrogen and oxygen atoms in total. The van der Waals surface area contributed by atoms with Crippen molar-refractivity contribution in [3.05, 3.63) is 0 Å². The number of hydrazine groups is 1. The summed E-state index contributed by atoms with van der Waals surface area (Å²) in [6.07, 6.45) is 4.31. The maximum absolute atomic E-state index is 11.9. The molecule has 0 aromatic heterocycles. The van der Waals surface area contributed by atoms with Crippen molar-refractivity contribution in [1.29, 1.82) is 0 Å². The molecule has 0 radical (unpaired) electrons. The van der Waals surface area contributed by atoms with Gasteiger partial charge >= 0.3 is 0 Å². The summed E-state index contributed by atoms with van der Waals surface area (Å²) in [5, 5.41) is 4.07. The third-order valence-corrected chi connectivity index (χ3v) is 3.99. The zero-order valence-corrected chi connectivity index (χ0v) is 9.70. The van der Waals surface area contributed by atoms with Gasteiger partial charge in [0, 0.05) is 25.6 Å². The Kier molecular flexibility index (Phi) is 2.73. The highest BCUT2D eigenvalue weighted by Gasteiger charge is 2.51. The average Bonchev–Trinajstić information content (AvgIpc) is 2.41. The molecule has 86 valence electrons. The summed E-state index contributed by atoms with van der Waals surface area (Å²) in [5.74, 6) is 0.657.